The summed E-state index contributed by atoms with van der Waals surface area (Å²) in [6, 6.07) is 13.2. The molecule has 180 valence electrons. The van der Waals surface area contributed by atoms with Gasteiger partial charge in [0.1, 0.15) is 10.6 Å². The summed E-state index contributed by atoms with van der Waals surface area (Å²) < 4.78 is 31.6. The Morgan fingerprint density at radius 3 is 2.33 bits per heavy atom. The summed E-state index contributed by atoms with van der Waals surface area (Å²) in [5.41, 5.74) is 2.52. The molecule has 0 radical (unpaired) electrons. The van der Waals surface area contributed by atoms with Crippen LogP contribution in [0.15, 0.2) is 47.4 Å². The number of nitrogens with zero attached hydrogens (tertiary/aromatic N) is 2. The van der Waals surface area contributed by atoms with Crippen LogP contribution in [0.5, 0.6) is 5.75 Å². The van der Waals surface area contributed by atoms with E-state index in [1.54, 1.807) is 6.07 Å². The molecule has 1 amide bonds. The van der Waals surface area contributed by atoms with Gasteiger partial charge >= 0.3 is 0 Å². The van der Waals surface area contributed by atoms with Crippen LogP contribution in [0.4, 0.5) is 0 Å². The molecule has 0 unspecified atom stereocenters. The van der Waals surface area contributed by atoms with Gasteiger partial charge in [-0.25, -0.2) is 12.7 Å². The molecule has 0 bridgehead atoms. The summed E-state index contributed by atoms with van der Waals surface area (Å²) >= 11 is 0. The number of methoxy groups -OCH3 is 1. The highest BCUT2D eigenvalue weighted by Gasteiger charge is 2.24. The number of hydrogen-bond donors (Lipinski definition) is 1. The molecule has 1 saturated carbocycles. The number of amides is 1. The lowest BCUT2D eigenvalue weighted by Crippen LogP contribution is -2.33. The standard InChI is InChI=1S/C25H35N3O4S/c1-27(2)33(30,31)24-16-19(14-15-23(24)32-4)25(29)26-17-20-10-8-9-11-21(20)18-28(3)22-12-6-5-7-13-22/h8-11,14-16,22H,5-7,12-13,17-18H2,1-4H3,(H,26,29). The lowest BCUT2D eigenvalue weighted by Gasteiger charge is -2.31. The zero-order chi connectivity index (χ0) is 24.0. The van der Waals surface area contributed by atoms with E-state index in [9.17, 15) is 13.2 Å². The minimum Gasteiger partial charge on any atom is -0.495 e. The van der Waals surface area contributed by atoms with Gasteiger partial charge in [0.25, 0.3) is 5.91 Å². The molecule has 0 atom stereocenters. The van der Waals surface area contributed by atoms with Gasteiger partial charge < -0.3 is 10.1 Å². The third-order valence-corrected chi connectivity index (χ3v) is 8.20. The van der Waals surface area contributed by atoms with Crippen LogP contribution in [0.2, 0.25) is 0 Å². The first-order valence-corrected chi connectivity index (χ1v) is 12.8. The molecule has 2 aromatic carbocycles. The molecule has 0 spiro atoms. The summed E-state index contributed by atoms with van der Waals surface area (Å²) in [6.45, 7) is 1.21. The van der Waals surface area contributed by atoms with Crippen LogP contribution in [-0.4, -0.2) is 57.8 Å². The highest BCUT2D eigenvalue weighted by atomic mass is 32.2. The largest absolute Gasteiger partial charge is 0.495 e. The second-order valence-corrected chi connectivity index (χ2v) is 10.9. The van der Waals surface area contributed by atoms with E-state index in [1.165, 1.54) is 71.0 Å². The Balaban J connectivity index is 1.73. The van der Waals surface area contributed by atoms with E-state index >= 15 is 0 Å². The van der Waals surface area contributed by atoms with Crippen molar-refractivity contribution in [1.82, 2.24) is 14.5 Å². The Morgan fingerprint density at radius 2 is 1.70 bits per heavy atom. The smallest absolute Gasteiger partial charge is 0.251 e. The highest BCUT2D eigenvalue weighted by molar-refractivity contribution is 7.89. The first-order chi connectivity index (χ1) is 15.7. The molecule has 1 fully saturated rings. The van der Waals surface area contributed by atoms with Crippen molar-refractivity contribution >= 4 is 15.9 Å². The van der Waals surface area contributed by atoms with Crippen molar-refractivity contribution < 1.29 is 17.9 Å². The number of carbonyl (C=O) groups is 1. The van der Waals surface area contributed by atoms with Crippen LogP contribution in [-0.2, 0) is 23.1 Å². The molecule has 1 aliphatic carbocycles. The molecule has 1 aliphatic rings. The number of sulfonamides is 1. The zero-order valence-electron chi connectivity index (χ0n) is 20.0. The third kappa shape index (κ3) is 6.13. The van der Waals surface area contributed by atoms with Crippen LogP contribution in [0.1, 0.15) is 53.6 Å². The van der Waals surface area contributed by atoms with E-state index in [4.69, 9.17) is 4.74 Å². The second kappa shape index (κ2) is 11.1. The number of carbonyl (C=O) groups excluding carboxylic acids is 1. The molecule has 1 N–H and O–H groups in total. The quantitative estimate of drug-likeness (QED) is 0.602. The van der Waals surface area contributed by atoms with E-state index in [0.717, 1.165) is 16.4 Å². The fourth-order valence-electron chi connectivity index (χ4n) is 4.30. The zero-order valence-corrected chi connectivity index (χ0v) is 20.8. The molecule has 0 aliphatic heterocycles. The number of benzene rings is 2. The molecule has 7 nitrogen and oxygen atoms in total. The summed E-state index contributed by atoms with van der Waals surface area (Å²) in [7, 11) is 2.73. The van der Waals surface area contributed by atoms with Crippen molar-refractivity contribution in [3.63, 3.8) is 0 Å². The molecule has 8 heteroatoms. The average molecular weight is 474 g/mol. The van der Waals surface area contributed by atoms with Crippen molar-refractivity contribution in [1.29, 1.82) is 0 Å². The fourth-order valence-corrected chi connectivity index (χ4v) is 5.37. The van der Waals surface area contributed by atoms with Gasteiger partial charge in [-0.3, -0.25) is 9.69 Å². The Hall–Kier alpha value is -2.42. The van der Waals surface area contributed by atoms with Crippen molar-refractivity contribution in [3.05, 3.63) is 59.2 Å². The maximum absolute atomic E-state index is 12.9. The van der Waals surface area contributed by atoms with Crippen LogP contribution in [0, 0.1) is 0 Å². The maximum Gasteiger partial charge on any atom is 0.251 e. The minimum absolute atomic E-state index is 0.0304. The van der Waals surface area contributed by atoms with E-state index in [1.807, 2.05) is 18.2 Å². The van der Waals surface area contributed by atoms with Gasteiger partial charge in [-0.15, -0.1) is 0 Å². The predicted octanol–water partition coefficient (Wildman–Crippen LogP) is 3.64. The number of rotatable bonds is 9. The number of ether oxygens (including phenoxy) is 1. The molecule has 3 rings (SSSR count). The maximum atomic E-state index is 12.9. The normalized spacial score (nSPS) is 15.1. The average Bonchev–Trinajstić information content (AvgIpc) is 2.83. The van der Waals surface area contributed by atoms with Gasteiger partial charge in [0, 0.05) is 38.8 Å². The molecule has 0 heterocycles. The Labute approximate surface area is 197 Å². The highest BCUT2D eigenvalue weighted by Crippen LogP contribution is 2.27. The third-order valence-electron chi connectivity index (χ3n) is 6.36. The molecular formula is C25H35N3O4S. The number of hydrogen-bond acceptors (Lipinski definition) is 5. The van der Waals surface area contributed by atoms with Crippen molar-refractivity contribution in [3.8, 4) is 5.75 Å². The van der Waals surface area contributed by atoms with Gasteiger partial charge in [0.2, 0.25) is 10.0 Å². The Morgan fingerprint density at radius 1 is 1.03 bits per heavy atom. The van der Waals surface area contributed by atoms with Gasteiger partial charge in [-0.2, -0.15) is 0 Å². The Kier molecular flexibility index (Phi) is 8.51. The van der Waals surface area contributed by atoms with Crippen LogP contribution >= 0.6 is 0 Å². The van der Waals surface area contributed by atoms with E-state index in [-0.39, 0.29) is 22.1 Å². The van der Waals surface area contributed by atoms with E-state index in [0.29, 0.717) is 12.6 Å². The van der Waals surface area contributed by atoms with Gasteiger partial charge in [0.05, 0.1) is 7.11 Å². The molecule has 0 aromatic heterocycles. The van der Waals surface area contributed by atoms with Crippen molar-refractivity contribution in [2.45, 2.75) is 56.1 Å². The van der Waals surface area contributed by atoms with E-state index < -0.39 is 10.0 Å². The van der Waals surface area contributed by atoms with Gasteiger partial charge in [0.15, 0.2) is 0 Å². The van der Waals surface area contributed by atoms with Gasteiger partial charge in [-0.05, 0) is 49.2 Å². The topological polar surface area (TPSA) is 79.0 Å². The molecule has 0 saturated heterocycles. The summed E-state index contributed by atoms with van der Waals surface area (Å²) in [5.74, 6) is -0.125. The molecular weight excluding hydrogens is 438 g/mol. The SMILES string of the molecule is COc1ccc(C(=O)NCc2ccccc2CN(C)C2CCCCC2)cc1S(=O)(=O)N(C)C. The predicted molar refractivity (Wildman–Crippen MR) is 130 cm³/mol. The molecule has 2 aromatic rings. The van der Waals surface area contributed by atoms with Gasteiger partial charge in [-0.1, -0.05) is 43.5 Å². The lowest BCUT2D eigenvalue weighted by molar-refractivity contribution is 0.0950. The van der Waals surface area contributed by atoms with Crippen molar-refractivity contribution in [2.75, 3.05) is 28.3 Å². The summed E-state index contributed by atoms with van der Waals surface area (Å²) in [5, 5.41) is 2.95. The first kappa shape index (κ1) is 25.2. The first-order valence-electron chi connectivity index (χ1n) is 11.4. The monoisotopic (exact) mass is 473 g/mol. The number of nitrogens with one attached hydrogen (secondary N) is 1. The van der Waals surface area contributed by atoms with Crippen LogP contribution in [0.3, 0.4) is 0 Å². The molecule has 33 heavy (non-hydrogen) atoms. The van der Waals surface area contributed by atoms with Crippen LogP contribution in [0.25, 0.3) is 0 Å². The minimum atomic E-state index is -3.75. The summed E-state index contributed by atoms with van der Waals surface area (Å²) in [6.07, 6.45) is 6.40. The second-order valence-electron chi connectivity index (χ2n) is 8.81. The summed E-state index contributed by atoms with van der Waals surface area (Å²) in [4.78, 5) is 15.3. The van der Waals surface area contributed by atoms with E-state index in [2.05, 4.69) is 23.3 Å². The Bertz CT molecular complexity index is 1060. The fraction of sp³-hybridized carbons (Fsp3) is 0.480. The van der Waals surface area contributed by atoms with Crippen molar-refractivity contribution in [2.24, 2.45) is 0 Å². The van der Waals surface area contributed by atoms with Crippen LogP contribution < -0.4 is 10.1 Å². The lowest BCUT2D eigenvalue weighted by atomic mass is 9.94.